The summed E-state index contributed by atoms with van der Waals surface area (Å²) in [5.41, 5.74) is 0.942. The largest absolute Gasteiger partial charge is 0.380 e. The van der Waals surface area contributed by atoms with Crippen molar-refractivity contribution in [1.82, 2.24) is 9.97 Å². The minimum atomic E-state index is 0.637. The molecule has 0 spiro atoms. The van der Waals surface area contributed by atoms with Crippen LogP contribution in [0.3, 0.4) is 0 Å². The van der Waals surface area contributed by atoms with Gasteiger partial charge in [-0.15, -0.1) is 0 Å². The second-order valence-electron chi connectivity index (χ2n) is 4.32. The first-order valence-corrected chi connectivity index (χ1v) is 7.15. The van der Waals surface area contributed by atoms with Crippen molar-refractivity contribution in [2.45, 2.75) is 20.8 Å². The number of anilines is 2. The Morgan fingerprint density at radius 2 is 1.70 bits per heavy atom. The Morgan fingerprint density at radius 1 is 1.10 bits per heavy atom. The van der Waals surface area contributed by atoms with Gasteiger partial charge >= 0.3 is 0 Å². The predicted molar refractivity (Wildman–Crippen MR) is 81.5 cm³/mol. The van der Waals surface area contributed by atoms with Gasteiger partial charge in [0, 0.05) is 45.1 Å². The second kappa shape index (κ2) is 9.50. The Kier molecular flexibility index (Phi) is 7.91. The van der Waals surface area contributed by atoms with Gasteiger partial charge < -0.3 is 19.7 Å². The second-order valence-corrected chi connectivity index (χ2v) is 4.32. The number of nitrogens with zero attached hydrogens (tertiary/aromatic N) is 3. The van der Waals surface area contributed by atoms with Gasteiger partial charge in [-0.3, -0.25) is 0 Å². The molecule has 20 heavy (non-hydrogen) atoms. The quantitative estimate of drug-likeness (QED) is 0.659. The van der Waals surface area contributed by atoms with Gasteiger partial charge in [0.25, 0.3) is 0 Å². The van der Waals surface area contributed by atoms with Crippen LogP contribution in [0.4, 0.5) is 11.8 Å². The number of aryl methyl sites for hydroxylation is 1. The lowest BCUT2D eigenvalue weighted by Crippen LogP contribution is -2.32. The van der Waals surface area contributed by atoms with Crippen molar-refractivity contribution in [2.24, 2.45) is 0 Å². The van der Waals surface area contributed by atoms with Crippen molar-refractivity contribution >= 4 is 11.8 Å². The van der Waals surface area contributed by atoms with E-state index in [1.807, 2.05) is 33.9 Å². The molecule has 0 atom stereocenters. The van der Waals surface area contributed by atoms with E-state index < -0.39 is 0 Å². The van der Waals surface area contributed by atoms with Gasteiger partial charge in [0.2, 0.25) is 5.95 Å². The average Bonchev–Trinajstić information content (AvgIpc) is 2.45. The third-order valence-corrected chi connectivity index (χ3v) is 2.81. The lowest BCUT2D eigenvalue weighted by Gasteiger charge is -2.24. The highest BCUT2D eigenvalue weighted by molar-refractivity contribution is 5.44. The summed E-state index contributed by atoms with van der Waals surface area (Å²) in [4.78, 5) is 11.0. The molecule has 0 unspecified atom stereocenters. The first-order valence-electron chi connectivity index (χ1n) is 7.15. The summed E-state index contributed by atoms with van der Waals surface area (Å²) in [5, 5.41) is 2.99. The molecule has 0 aliphatic heterocycles. The third-order valence-electron chi connectivity index (χ3n) is 2.81. The van der Waals surface area contributed by atoms with Crippen LogP contribution >= 0.6 is 0 Å². The first kappa shape index (κ1) is 16.7. The molecule has 1 N–H and O–H groups in total. The normalized spacial score (nSPS) is 10.6. The first-order chi connectivity index (χ1) is 9.71. The standard InChI is InChI=1S/C14H26N4O2/c1-5-19-9-7-18(8-10-20-6-2)13-11-12(3)16-14(15-4)17-13/h11H,5-10H2,1-4H3,(H,15,16,17). The van der Waals surface area contributed by atoms with Crippen molar-refractivity contribution < 1.29 is 9.47 Å². The molecule has 6 heteroatoms. The fraction of sp³-hybridized carbons (Fsp3) is 0.714. The molecule has 0 aliphatic rings. The molecule has 1 heterocycles. The number of hydrogen-bond donors (Lipinski definition) is 1. The Balaban J connectivity index is 2.75. The van der Waals surface area contributed by atoms with E-state index in [4.69, 9.17) is 9.47 Å². The van der Waals surface area contributed by atoms with Crippen LogP contribution in [0, 0.1) is 6.92 Å². The maximum absolute atomic E-state index is 5.44. The van der Waals surface area contributed by atoms with Crippen molar-refractivity contribution in [3.05, 3.63) is 11.8 Å². The smallest absolute Gasteiger partial charge is 0.224 e. The summed E-state index contributed by atoms with van der Waals surface area (Å²) in [7, 11) is 1.82. The highest BCUT2D eigenvalue weighted by atomic mass is 16.5. The molecule has 0 aromatic carbocycles. The molecule has 1 aromatic heterocycles. The van der Waals surface area contributed by atoms with Crippen molar-refractivity contribution in [2.75, 3.05) is 56.8 Å². The maximum Gasteiger partial charge on any atom is 0.224 e. The molecule has 0 bridgehead atoms. The molecule has 0 saturated carbocycles. The van der Waals surface area contributed by atoms with E-state index in [-0.39, 0.29) is 0 Å². The molecule has 0 radical (unpaired) electrons. The van der Waals surface area contributed by atoms with Crippen LogP contribution in [0.25, 0.3) is 0 Å². The van der Waals surface area contributed by atoms with Gasteiger partial charge in [-0.1, -0.05) is 0 Å². The van der Waals surface area contributed by atoms with Gasteiger partial charge in [0.15, 0.2) is 0 Å². The lowest BCUT2D eigenvalue weighted by molar-refractivity contribution is 0.141. The number of hydrogen-bond acceptors (Lipinski definition) is 6. The maximum atomic E-state index is 5.44. The molecular weight excluding hydrogens is 256 g/mol. The van der Waals surface area contributed by atoms with Gasteiger partial charge in [-0.05, 0) is 20.8 Å². The zero-order chi connectivity index (χ0) is 14.8. The van der Waals surface area contributed by atoms with Crippen LogP contribution in [0.15, 0.2) is 6.07 Å². The van der Waals surface area contributed by atoms with Crippen molar-refractivity contribution in [3.63, 3.8) is 0 Å². The third kappa shape index (κ3) is 5.71. The zero-order valence-electron chi connectivity index (χ0n) is 13.0. The van der Waals surface area contributed by atoms with E-state index in [9.17, 15) is 0 Å². The minimum Gasteiger partial charge on any atom is -0.380 e. The Hall–Kier alpha value is -1.40. The molecule has 1 rings (SSSR count). The van der Waals surface area contributed by atoms with Crippen molar-refractivity contribution in [3.8, 4) is 0 Å². The summed E-state index contributed by atoms with van der Waals surface area (Å²) in [6.07, 6.45) is 0. The summed E-state index contributed by atoms with van der Waals surface area (Å²) in [6.45, 7) is 10.4. The monoisotopic (exact) mass is 282 g/mol. The van der Waals surface area contributed by atoms with E-state index in [0.29, 0.717) is 19.2 Å². The van der Waals surface area contributed by atoms with Crippen molar-refractivity contribution in [1.29, 1.82) is 0 Å². The molecule has 6 nitrogen and oxygen atoms in total. The Labute approximate surface area is 121 Å². The lowest BCUT2D eigenvalue weighted by atomic mass is 10.3. The number of ether oxygens (including phenoxy) is 2. The SMILES string of the molecule is CCOCCN(CCOCC)c1cc(C)nc(NC)n1. The number of nitrogens with one attached hydrogen (secondary N) is 1. The molecule has 1 aromatic rings. The average molecular weight is 282 g/mol. The predicted octanol–water partition coefficient (Wildman–Crippen LogP) is 1.71. The van der Waals surface area contributed by atoms with Crippen LogP contribution in [0.2, 0.25) is 0 Å². The molecule has 0 fully saturated rings. The highest BCUT2D eigenvalue weighted by Crippen LogP contribution is 2.14. The van der Waals surface area contributed by atoms with Crippen LogP contribution in [0.5, 0.6) is 0 Å². The van der Waals surface area contributed by atoms with E-state index in [0.717, 1.165) is 37.8 Å². The van der Waals surface area contributed by atoms with Crippen LogP contribution in [-0.4, -0.2) is 56.5 Å². The minimum absolute atomic E-state index is 0.637. The molecule has 0 saturated heterocycles. The molecule has 0 amide bonds. The zero-order valence-corrected chi connectivity index (χ0v) is 13.0. The van der Waals surface area contributed by atoms with Gasteiger partial charge in [0.1, 0.15) is 5.82 Å². The summed E-state index contributed by atoms with van der Waals surface area (Å²) in [6, 6.07) is 1.98. The van der Waals surface area contributed by atoms with E-state index in [2.05, 4.69) is 20.2 Å². The summed E-state index contributed by atoms with van der Waals surface area (Å²) >= 11 is 0. The van der Waals surface area contributed by atoms with E-state index in [1.165, 1.54) is 0 Å². The Bertz CT molecular complexity index is 377. The number of rotatable bonds is 10. The van der Waals surface area contributed by atoms with Crippen LogP contribution < -0.4 is 10.2 Å². The van der Waals surface area contributed by atoms with E-state index >= 15 is 0 Å². The van der Waals surface area contributed by atoms with Gasteiger partial charge in [-0.25, -0.2) is 4.98 Å². The van der Waals surface area contributed by atoms with Gasteiger partial charge in [0.05, 0.1) is 13.2 Å². The van der Waals surface area contributed by atoms with Crippen LogP contribution in [0.1, 0.15) is 19.5 Å². The van der Waals surface area contributed by atoms with Crippen LogP contribution in [-0.2, 0) is 9.47 Å². The molecular formula is C14H26N4O2. The summed E-state index contributed by atoms with van der Waals surface area (Å²) in [5.74, 6) is 1.54. The molecule has 0 aliphatic carbocycles. The fourth-order valence-electron chi connectivity index (χ4n) is 1.80. The molecule has 114 valence electrons. The number of aromatic nitrogens is 2. The topological polar surface area (TPSA) is 59.5 Å². The highest BCUT2D eigenvalue weighted by Gasteiger charge is 2.10. The fourth-order valence-corrected chi connectivity index (χ4v) is 1.80. The van der Waals surface area contributed by atoms with Gasteiger partial charge in [-0.2, -0.15) is 4.98 Å². The Morgan fingerprint density at radius 3 is 2.20 bits per heavy atom. The van der Waals surface area contributed by atoms with E-state index in [1.54, 1.807) is 0 Å². The summed E-state index contributed by atoms with van der Waals surface area (Å²) < 4.78 is 10.9.